The van der Waals surface area contributed by atoms with Gasteiger partial charge in [0.2, 0.25) is 0 Å². The molecule has 22 heavy (non-hydrogen) atoms. The standard InChI is InChI=1S/C17H18N4O/c1-11-14(19-10-18-11)7-8-15(22)16-13-6-2-4-12-5-3-9-21(20-16)17(12)13/h2,4,6,10H,3,5,7-9H2,1H3,(H,18,19). The summed E-state index contributed by atoms with van der Waals surface area (Å²) in [5.74, 6) is 0.102. The molecule has 1 aromatic carbocycles. The maximum atomic E-state index is 12.6. The fourth-order valence-electron chi connectivity index (χ4n) is 3.29. The first-order chi connectivity index (χ1) is 10.7. The third kappa shape index (κ3) is 2.04. The average Bonchev–Trinajstić information content (AvgIpc) is 3.11. The monoisotopic (exact) mass is 294 g/mol. The number of aromatic nitrogens is 4. The van der Waals surface area contributed by atoms with Gasteiger partial charge in [-0.3, -0.25) is 9.48 Å². The number of rotatable bonds is 4. The largest absolute Gasteiger partial charge is 0.348 e. The van der Waals surface area contributed by atoms with E-state index in [-0.39, 0.29) is 5.78 Å². The van der Waals surface area contributed by atoms with Crippen LogP contribution >= 0.6 is 0 Å². The molecule has 5 heteroatoms. The molecule has 3 aromatic rings. The number of Topliss-reactive ketones (excluding diaryl/α,β-unsaturated/α-hetero) is 1. The van der Waals surface area contributed by atoms with E-state index in [4.69, 9.17) is 0 Å². The molecule has 1 aliphatic rings. The number of benzene rings is 1. The zero-order valence-corrected chi connectivity index (χ0v) is 12.6. The van der Waals surface area contributed by atoms with Gasteiger partial charge in [0.15, 0.2) is 5.78 Å². The van der Waals surface area contributed by atoms with E-state index in [0.29, 0.717) is 18.5 Å². The molecule has 5 nitrogen and oxygen atoms in total. The minimum absolute atomic E-state index is 0.102. The van der Waals surface area contributed by atoms with E-state index in [2.05, 4.69) is 21.1 Å². The van der Waals surface area contributed by atoms with E-state index in [1.807, 2.05) is 23.7 Å². The summed E-state index contributed by atoms with van der Waals surface area (Å²) < 4.78 is 2.00. The van der Waals surface area contributed by atoms with Gasteiger partial charge >= 0.3 is 0 Å². The molecule has 0 spiro atoms. The molecule has 1 N–H and O–H groups in total. The van der Waals surface area contributed by atoms with Gasteiger partial charge in [-0.15, -0.1) is 0 Å². The van der Waals surface area contributed by atoms with E-state index < -0.39 is 0 Å². The maximum Gasteiger partial charge on any atom is 0.184 e. The minimum Gasteiger partial charge on any atom is -0.348 e. The highest BCUT2D eigenvalue weighted by molar-refractivity contribution is 6.06. The zero-order valence-electron chi connectivity index (χ0n) is 12.6. The summed E-state index contributed by atoms with van der Waals surface area (Å²) in [7, 11) is 0. The molecule has 0 saturated heterocycles. The summed E-state index contributed by atoms with van der Waals surface area (Å²) >= 11 is 0. The second-order valence-electron chi connectivity index (χ2n) is 5.89. The Morgan fingerprint density at radius 1 is 1.41 bits per heavy atom. The number of hydrogen-bond acceptors (Lipinski definition) is 3. The summed E-state index contributed by atoms with van der Waals surface area (Å²) in [5, 5.41) is 5.58. The number of hydrogen-bond donors (Lipinski definition) is 1. The number of carbonyl (C=O) groups excluding carboxylic acids is 1. The number of nitrogens with one attached hydrogen (secondary N) is 1. The lowest BCUT2D eigenvalue weighted by atomic mass is 10.0. The predicted molar refractivity (Wildman–Crippen MR) is 84.0 cm³/mol. The number of H-pyrrole nitrogens is 1. The van der Waals surface area contributed by atoms with Crippen molar-refractivity contribution in [3.8, 4) is 0 Å². The number of ketones is 1. The molecule has 0 bridgehead atoms. The highest BCUT2D eigenvalue weighted by atomic mass is 16.1. The minimum atomic E-state index is 0.102. The van der Waals surface area contributed by atoms with Gasteiger partial charge in [-0.1, -0.05) is 18.2 Å². The molecule has 0 fully saturated rings. The smallest absolute Gasteiger partial charge is 0.184 e. The Labute approximate surface area is 128 Å². The molecule has 0 unspecified atom stereocenters. The molecule has 2 aromatic heterocycles. The molecule has 3 heterocycles. The van der Waals surface area contributed by atoms with E-state index >= 15 is 0 Å². The Hall–Kier alpha value is -2.43. The van der Waals surface area contributed by atoms with Gasteiger partial charge in [0.05, 0.1) is 17.5 Å². The van der Waals surface area contributed by atoms with Crippen molar-refractivity contribution in [2.45, 2.75) is 39.2 Å². The topological polar surface area (TPSA) is 63.6 Å². The summed E-state index contributed by atoms with van der Waals surface area (Å²) in [6, 6.07) is 6.19. The van der Waals surface area contributed by atoms with Crippen LogP contribution in [0, 0.1) is 6.92 Å². The molecule has 0 amide bonds. The molecular formula is C17H18N4O. The van der Waals surface area contributed by atoms with Gasteiger partial charge in [-0.25, -0.2) is 4.98 Å². The number of aromatic amines is 1. The van der Waals surface area contributed by atoms with Crippen LogP contribution in [0.4, 0.5) is 0 Å². The van der Waals surface area contributed by atoms with Crippen LogP contribution in [0.1, 0.15) is 40.3 Å². The van der Waals surface area contributed by atoms with Crippen molar-refractivity contribution in [2.75, 3.05) is 0 Å². The van der Waals surface area contributed by atoms with Crippen LogP contribution in [0.3, 0.4) is 0 Å². The van der Waals surface area contributed by atoms with Crippen LogP contribution in [-0.2, 0) is 19.4 Å². The van der Waals surface area contributed by atoms with Crippen molar-refractivity contribution >= 4 is 16.7 Å². The molecule has 0 aliphatic carbocycles. The van der Waals surface area contributed by atoms with Crippen molar-refractivity contribution in [1.29, 1.82) is 0 Å². The van der Waals surface area contributed by atoms with Crippen LogP contribution in [0.2, 0.25) is 0 Å². The fourth-order valence-corrected chi connectivity index (χ4v) is 3.29. The van der Waals surface area contributed by atoms with Gasteiger partial charge in [-0.2, -0.15) is 5.10 Å². The quantitative estimate of drug-likeness (QED) is 0.753. The average molecular weight is 294 g/mol. The summed E-state index contributed by atoms with van der Waals surface area (Å²) in [5.41, 5.74) is 5.06. The Morgan fingerprint density at radius 2 is 2.32 bits per heavy atom. The molecular weight excluding hydrogens is 276 g/mol. The third-order valence-corrected chi connectivity index (χ3v) is 4.46. The lowest BCUT2D eigenvalue weighted by Gasteiger charge is -2.12. The zero-order chi connectivity index (χ0) is 15.1. The highest BCUT2D eigenvalue weighted by Crippen LogP contribution is 2.28. The predicted octanol–water partition coefficient (Wildman–Crippen LogP) is 2.83. The first kappa shape index (κ1) is 13.2. The SMILES string of the molecule is Cc1[nH]cnc1CCC(=O)c1nn2c3c(cccc13)CCC2. The molecule has 0 radical (unpaired) electrons. The number of carbonyl (C=O) groups is 1. The van der Waals surface area contributed by atoms with Crippen molar-refractivity contribution in [3.05, 3.63) is 47.2 Å². The lowest BCUT2D eigenvalue weighted by molar-refractivity contribution is 0.0978. The van der Waals surface area contributed by atoms with Crippen LogP contribution in [0.25, 0.3) is 10.9 Å². The van der Waals surface area contributed by atoms with Gasteiger partial charge in [0.1, 0.15) is 5.69 Å². The Balaban J connectivity index is 1.65. The highest BCUT2D eigenvalue weighted by Gasteiger charge is 2.21. The van der Waals surface area contributed by atoms with Crippen molar-refractivity contribution in [1.82, 2.24) is 19.7 Å². The summed E-state index contributed by atoms with van der Waals surface area (Å²) in [4.78, 5) is 19.9. The Kier molecular flexibility index (Phi) is 3.06. The number of nitrogens with zero attached hydrogens (tertiary/aromatic N) is 3. The van der Waals surface area contributed by atoms with Crippen molar-refractivity contribution in [2.24, 2.45) is 0 Å². The van der Waals surface area contributed by atoms with Crippen LogP contribution in [0.15, 0.2) is 24.5 Å². The number of imidazole rings is 1. The number of aryl methyl sites for hydroxylation is 4. The maximum absolute atomic E-state index is 12.6. The molecule has 1 aliphatic heterocycles. The second kappa shape index (κ2) is 5.09. The summed E-state index contributed by atoms with van der Waals surface area (Å²) in [6.07, 6.45) is 4.94. The van der Waals surface area contributed by atoms with E-state index in [1.54, 1.807) is 6.33 Å². The first-order valence-electron chi connectivity index (χ1n) is 7.74. The van der Waals surface area contributed by atoms with Crippen LogP contribution in [0.5, 0.6) is 0 Å². The Morgan fingerprint density at radius 3 is 3.14 bits per heavy atom. The van der Waals surface area contributed by atoms with Gasteiger partial charge in [0.25, 0.3) is 0 Å². The summed E-state index contributed by atoms with van der Waals surface area (Å²) in [6.45, 7) is 2.88. The van der Waals surface area contributed by atoms with Crippen molar-refractivity contribution < 1.29 is 4.79 Å². The van der Waals surface area contributed by atoms with Gasteiger partial charge < -0.3 is 4.98 Å². The Bertz CT molecular complexity index is 859. The molecule has 0 saturated carbocycles. The molecule has 0 atom stereocenters. The van der Waals surface area contributed by atoms with Crippen molar-refractivity contribution in [3.63, 3.8) is 0 Å². The third-order valence-electron chi connectivity index (χ3n) is 4.46. The normalized spacial score (nSPS) is 13.7. The number of para-hydroxylation sites is 1. The molecule has 4 rings (SSSR count). The van der Waals surface area contributed by atoms with E-state index in [9.17, 15) is 4.79 Å². The van der Waals surface area contributed by atoms with E-state index in [0.717, 1.165) is 41.7 Å². The first-order valence-corrected chi connectivity index (χ1v) is 7.74. The molecule has 112 valence electrons. The fraction of sp³-hybridized carbons (Fsp3) is 0.353. The van der Waals surface area contributed by atoms with E-state index in [1.165, 1.54) is 5.56 Å². The lowest BCUT2D eigenvalue weighted by Crippen LogP contribution is -2.09. The van der Waals surface area contributed by atoms with Gasteiger partial charge in [0, 0.05) is 24.0 Å². The van der Waals surface area contributed by atoms with Gasteiger partial charge in [-0.05, 0) is 31.7 Å². The van der Waals surface area contributed by atoms with Crippen LogP contribution < -0.4 is 0 Å². The second-order valence-corrected chi connectivity index (χ2v) is 5.89. The van der Waals surface area contributed by atoms with Crippen LogP contribution in [-0.4, -0.2) is 25.5 Å².